The smallest absolute Gasteiger partial charge is 0.126 e. The van der Waals surface area contributed by atoms with Gasteiger partial charge in [0.15, 0.2) is 0 Å². The molecule has 0 saturated heterocycles. The summed E-state index contributed by atoms with van der Waals surface area (Å²) in [5.74, 6) is 1.04. The average molecular weight is 191 g/mol. The summed E-state index contributed by atoms with van der Waals surface area (Å²) in [7, 11) is 3.77. The molecule has 1 fully saturated rings. The van der Waals surface area contributed by atoms with Crippen LogP contribution >= 0.6 is 0 Å². The lowest BCUT2D eigenvalue weighted by Gasteiger charge is -2.19. The first-order chi connectivity index (χ1) is 6.73. The Morgan fingerprint density at radius 2 is 2.07 bits per heavy atom. The molecule has 2 rings (SSSR count). The van der Waals surface area contributed by atoms with Crippen molar-refractivity contribution in [1.29, 1.82) is 0 Å². The van der Waals surface area contributed by atoms with Crippen LogP contribution in [0.15, 0.2) is 18.2 Å². The number of nitrogens with one attached hydrogen (secondary N) is 1. The molecular formula is C12H17NO. The summed E-state index contributed by atoms with van der Waals surface area (Å²) in [6.45, 7) is 2.09. The highest BCUT2D eigenvalue weighted by molar-refractivity contribution is 5.47. The molecule has 1 aromatic rings. The zero-order valence-electron chi connectivity index (χ0n) is 9.05. The highest BCUT2D eigenvalue weighted by atomic mass is 16.5. The van der Waals surface area contributed by atoms with Gasteiger partial charge in [-0.25, -0.2) is 0 Å². The van der Waals surface area contributed by atoms with Crippen molar-refractivity contribution in [3.05, 3.63) is 29.3 Å². The van der Waals surface area contributed by atoms with Crippen LogP contribution in [0.25, 0.3) is 0 Å². The number of methoxy groups -OCH3 is 1. The van der Waals surface area contributed by atoms with Crippen molar-refractivity contribution < 1.29 is 4.74 Å². The molecule has 0 heterocycles. The second kappa shape index (κ2) is 3.28. The van der Waals surface area contributed by atoms with Gasteiger partial charge in [-0.2, -0.15) is 0 Å². The van der Waals surface area contributed by atoms with Crippen molar-refractivity contribution in [2.24, 2.45) is 0 Å². The molecule has 0 aliphatic heterocycles. The fourth-order valence-corrected chi connectivity index (χ4v) is 2.08. The maximum atomic E-state index is 5.46. The lowest BCUT2D eigenvalue weighted by Crippen LogP contribution is -2.25. The van der Waals surface area contributed by atoms with Crippen LogP contribution in [0.1, 0.15) is 24.0 Å². The van der Waals surface area contributed by atoms with E-state index in [1.165, 1.54) is 24.0 Å². The highest BCUT2D eigenvalue weighted by Gasteiger charge is 2.44. The number of rotatable bonds is 3. The molecule has 0 bridgehead atoms. The Labute approximate surface area is 85.3 Å². The molecule has 1 N–H and O–H groups in total. The van der Waals surface area contributed by atoms with Gasteiger partial charge in [0.25, 0.3) is 0 Å². The van der Waals surface area contributed by atoms with Gasteiger partial charge in [-0.15, -0.1) is 0 Å². The van der Waals surface area contributed by atoms with E-state index in [1.54, 1.807) is 7.11 Å². The minimum Gasteiger partial charge on any atom is -0.496 e. The molecule has 14 heavy (non-hydrogen) atoms. The first-order valence-corrected chi connectivity index (χ1v) is 5.06. The molecule has 1 saturated carbocycles. The Morgan fingerprint density at radius 1 is 1.36 bits per heavy atom. The standard InChI is InChI=1S/C12H17NO/c1-9-5-4-6-10(11(9)14-3)12(13-2)7-8-12/h4-6,13H,7-8H2,1-3H3. The molecule has 1 aliphatic carbocycles. The average Bonchev–Trinajstić information content (AvgIpc) is 2.98. The first-order valence-electron chi connectivity index (χ1n) is 5.06. The number of aryl methyl sites for hydroxylation is 1. The molecule has 1 aromatic carbocycles. The van der Waals surface area contributed by atoms with E-state index >= 15 is 0 Å². The zero-order valence-corrected chi connectivity index (χ0v) is 9.05. The maximum absolute atomic E-state index is 5.46. The van der Waals surface area contributed by atoms with Gasteiger partial charge in [0.2, 0.25) is 0 Å². The van der Waals surface area contributed by atoms with Crippen LogP contribution in [0.3, 0.4) is 0 Å². The van der Waals surface area contributed by atoms with Gasteiger partial charge in [0.1, 0.15) is 5.75 Å². The van der Waals surface area contributed by atoms with E-state index in [9.17, 15) is 0 Å². The van der Waals surface area contributed by atoms with E-state index < -0.39 is 0 Å². The molecule has 76 valence electrons. The third kappa shape index (κ3) is 1.30. The fourth-order valence-electron chi connectivity index (χ4n) is 2.08. The molecule has 0 aromatic heterocycles. The predicted molar refractivity (Wildman–Crippen MR) is 57.7 cm³/mol. The molecule has 2 heteroatoms. The molecule has 0 unspecified atom stereocenters. The SMILES string of the molecule is CNC1(c2cccc(C)c2OC)CC1. The van der Waals surface area contributed by atoms with Gasteiger partial charge in [-0.3, -0.25) is 0 Å². The highest BCUT2D eigenvalue weighted by Crippen LogP contribution is 2.49. The third-order valence-corrected chi connectivity index (χ3v) is 3.16. The summed E-state index contributed by atoms with van der Waals surface area (Å²) < 4.78 is 5.46. The number of benzene rings is 1. The topological polar surface area (TPSA) is 21.3 Å². The Hall–Kier alpha value is -1.02. The van der Waals surface area contributed by atoms with Gasteiger partial charge in [-0.05, 0) is 32.4 Å². The van der Waals surface area contributed by atoms with Crippen molar-refractivity contribution in [2.45, 2.75) is 25.3 Å². The van der Waals surface area contributed by atoms with E-state index in [2.05, 4.69) is 30.4 Å². The van der Waals surface area contributed by atoms with Crippen molar-refractivity contribution in [1.82, 2.24) is 5.32 Å². The van der Waals surface area contributed by atoms with Crippen LogP contribution in [-0.2, 0) is 5.54 Å². The quantitative estimate of drug-likeness (QED) is 0.791. The van der Waals surface area contributed by atoms with E-state index in [0.29, 0.717) is 0 Å². The second-order valence-electron chi connectivity index (χ2n) is 3.99. The zero-order chi connectivity index (χ0) is 10.2. The predicted octanol–water partition coefficient (Wildman–Crippen LogP) is 2.21. The number of hydrogen-bond acceptors (Lipinski definition) is 2. The van der Waals surface area contributed by atoms with Crippen molar-refractivity contribution in [3.63, 3.8) is 0 Å². The first kappa shape index (κ1) is 9.53. The Morgan fingerprint density at radius 3 is 2.57 bits per heavy atom. The van der Waals surface area contributed by atoms with Crippen LogP contribution in [0, 0.1) is 6.92 Å². The minimum absolute atomic E-state index is 0.192. The normalized spacial score (nSPS) is 17.9. The van der Waals surface area contributed by atoms with E-state index in [0.717, 1.165) is 5.75 Å². The van der Waals surface area contributed by atoms with Crippen LogP contribution < -0.4 is 10.1 Å². The fraction of sp³-hybridized carbons (Fsp3) is 0.500. The molecule has 0 amide bonds. The molecule has 1 aliphatic rings. The van der Waals surface area contributed by atoms with E-state index in [1.807, 2.05) is 7.05 Å². The van der Waals surface area contributed by atoms with Crippen molar-refractivity contribution in [3.8, 4) is 5.75 Å². The summed E-state index contributed by atoms with van der Waals surface area (Å²) in [4.78, 5) is 0. The van der Waals surface area contributed by atoms with Gasteiger partial charge in [0.05, 0.1) is 7.11 Å². The Kier molecular flexibility index (Phi) is 2.23. The van der Waals surface area contributed by atoms with Crippen LogP contribution in [0.4, 0.5) is 0 Å². The minimum atomic E-state index is 0.192. The summed E-state index contributed by atoms with van der Waals surface area (Å²) >= 11 is 0. The number of hydrogen-bond donors (Lipinski definition) is 1. The van der Waals surface area contributed by atoms with Gasteiger partial charge in [0, 0.05) is 11.1 Å². The number of para-hydroxylation sites is 1. The van der Waals surface area contributed by atoms with Gasteiger partial charge in [-0.1, -0.05) is 18.2 Å². The monoisotopic (exact) mass is 191 g/mol. The summed E-state index contributed by atoms with van der Waals surface area (Å²) in [5.41, 5.74) is 2.71. The Bertz CT molecular complexity index is 342. The lowest BCUT2D eigenvalue weighted by atomic mass is 10.0. The maximum Gasteiger partial charge on any atom is 0.126 e. The molecule has 2 nitrogen and oxygen atoms in total. The number of ether oxygens (including phenoxy) is 1. The molecular weight excluding hydrogens is 174 g/mol. The van der Waals surface area contributed by atoms with E-state index in [4.69, 9.17) is 4.74 Å². The Balaban J connectivity index is 2.47. The third-order valence-electron chi connectivity index (χ3n) is 3.16. The van der Waals surface area contributed by atoms with Crippen molar-refractivity contribution >= 4 is 0 Å². The summed E-state index contributed by atoms with van der Waals surface area (Å²) in [6, 6.07) is 6.36. The molecule has 0 radical (unpaired) electrons. The van der Waals surface area contributed by atoms with Crippen LogP contribution in [0.5, 0.6) is 5.75 Å². The van der Waals surface area contributed by atoms with Crippen LogP contribution in [0.2, 0.25) is 0 Å². The van der Waals surface area contributed by atoms with E-state index in [-0.39, 0.29) is 5.54 Å². The van der Waals surface area contributed by atoms with Crippen LogP contribution in [-0.4, -0.2) is 14.2 Å². The molecule has 0 spiro atoms. The summed E-state index contributed by atoms with van der Waals surface area (Å²) in [5, 5.41) is 3.39. The largest absolute Gasteiger partial charge is 0.496 e. The summed E-state index contributed by atoms with van der Waals surface area (Å²) in [6.07, 6.45) is 2.42. The molecule has 0 atom stereocenters. The lowest BCUT2D eigenvalue weighted by molar-refractivity contribution is 0.396. The van der Waals surface area contributed by atoms with Crippen molar-refractivity contribution in [2.75, 3.05) is 14.2 Å². The van der Waals surface area contributed by atoms with Gasteiger partial charge >= 0.3 is 0 Å². The van der Waals surface area contributed by atoms with Gasteiger partial charge < -0.3 is 10.1 Å². The second-order valence-corrected chi connectivity index (χ2v) is 3.99.